The molecule has 0 aromatic carbocycles. The molecule has 0 aliphatic carbocycles. The Morgan fingerprint density at radius 1 is 1.62 bits per heavy atom. The number of hydrogen-bond donors (Lipinski definition) is 0. The van der Waals surface area contributed by atoms with Crippen LogP contribution in [0.1, 0.15) is 22.2 Å². The molecule has 3 nitrogen and oxygen atoms in total. The van der Waals surface area contributed by atoms with Gasteiger partial charge in [-0.25, -0.2) is 0 Å². The third kappa shape index (κ3) is 2.46. The molecule has 0 spiro atoms. The van der Waals surface area contributed by atoms with Crippen LogP contribution >= 0.6 is 11.3 Å². The second-order valence-electron chi connectivity index (χ2n) is 3.30. The van der Waals surface area contributed by atoms with Crippen molar-refractivity contribution in [3.05, 3.63) is 46.4 Å². The summed E-state index contributed by atoms with van der Waals surface area (Å²) in [5.74, 6) is -0.00639. The zero-order valence-electron chi connectivity index (χ0n) is 8.96. The minimum atomic E-state index is -0.00639. The van der Waals surface area contributed by atoms with E-state index in [1.54, 1.807) is 34.5 Å². The first-order chi connectivity index (χ1) is 7.79. The first-order valence-corrected chi connectivity index (χ1v) is 5.96. The first-order valence-electron chi connectivity index (χ1n) is 5.08. The van der Waals surface area contributed by atoms with Crippen molar-refractivity contribution >= 4 is 23.2 Å². The van der Waals surface area contributed by atoms with Crippen molar-refractivity contribution in [3.63, 3.8) is 0 Å². The van der Waals surface area contributed by atoms with Crippen molar-refractivity contribution < 1.29 is 4.79 Å². The van der Waals surface area contributed by atoms with Gasteiger partial charge in [0.25, 0.3) is 0 Å². The lowest BCUT2D eigenvalue weighted by atomic mass is 10.2. The lowest BCUT2D eigenvalue weighted by Gasteiger charge is -1.90. The molecule has 0 aliphatic heterocycles. The number of hydrogen-bond acceptors (Lipinski definition) is 3. The Bertz CT molecular complexity index is 497. The maximum absolute atomic E-state index is 11.7. The SMILES string of the molecule is CCn1cc(C(=O)/C=C/c2cccs2)cn1. The Morgan fingerprint density at radius 2 is 2.50 bits per heavy atom. The van der Waals surface area contributed by atoms with Gasteiger partial charge in [0.15, 0.2) is 5.78 Å². The summed E-state index contributed by atoms with van der Waals surface area (Å²) in [4.78, 5) is 12.8. The average Bonchev–Trinajstić information content (AvgIpc) is 2.96. The van der Waals surface area contributed by atoms with Crippen molar-refractivity contribution in [2.45, 2.75) is 13.5 Å². The van der Waals surface area contributed by atoms with Gasteiger partial charge in [0.2, 0.25) is 0 Å². The van der Waals surface area contributed by atoms with Crippen LogP contribution in [-0.4, -0.2) is 15.6 Å². The van der Waals surface area contributed by atoms with E-state index in [0.29, 0.717) is 5.56 Å². The molecule has 4 heteroatoms. The van der Waals surface area contributed by atoms with Gasteiger partial charge in [0, 0.05) is 17.6 Å². The predicted molar refractivity (Wildman–Crippen MR) is 65.6 cm³/mol. The van der Waals surface area contributed by atoms with E-state index in [2.05, 4.69) is 5.10 Å². The van der Waals surface area contributed by atoms with E-state index in [9.17, 15) is 4.79 Å². The topological polar surface area (TPSA) is 34.9 Å². The summed E-state index contributed by atoms with van der Waals surface area (Å²) in [7, 11) is 0. The molecule has 0 amide bonds. The fraction of sp³-hybridized carbons (Fsp3) is 0.167. The maximum Gasteiger partial charge on any atom is 0.189 e. The molecule has 82 valence electrons. The normalized spacial score (nSPS) is 11.1. The number of nitrogens with zero attached hydrogens (tertiary/aromatic N) is 2. The highest BCUT2D eigenvalue weighted by atomic mass is 32.1. The molecule has 0 N–H and O–H groups in total. The molecule has 0 fully saturated rings. The molecule has 0 unspecified atom stereocenters. The second kappa shape index (κ2) is 4.90. The lowest BCUT2D eigenvalue weighted by Crippen LogP contribution is -1.94. The Kier molecular flexibility index (Phi) is 3.31. The number of allylic oxidation sites excluding steroid dienone is 1. The largest absolute Gasteiger partial charge is 0.289 e. The van der Waals surface area contributed by atoms with E-state index >= 15 is 0 Å². The zero-order chi connectivity index (χ0) is 11.4. The Labute approximate surface area is 98.0 Å². The van der Waals surface area contributed by atoms with Crippen molar-refractivity contribution in [2.75, 3.05) is 0 Å². The highest BCUT2D eigenvalue weighted by Gasteiger charge is 2.04. The van der Waals surface area contributed by atoms with E-state index in [1.165, 1.54) is 0 Å². The molecule has 2 aromatic heterocycles. The molecule has 0 radical (unpaired) electrons. The van der Waals surface area contributed by atoms with Gasteiger partial charge in [0.05, 0.1) is 11.8 Å². The predicted octanol–water partition coefficient (Wildman–Crippen LogP) is 2.86. The molecule has 0 saturated carbocycles. The van der Waals surface area contributed by atoms with Gasteiger partial charge in [-0.3, -0.25) is 9.48 Å². The fourth-order valence-corrected chi connectivity index (χ4v) is 1.92. The number of aromatic nitrogens is 2. The van der Waals surface area contributed by atoms with Crippen molar-refractivity contribution in [1.82, 2.24) is 9.78 Å². The van der Waals surface area contributed by atoms with Gasteiger partial charge in [-0.2, -0.15) is 5.10 Å². The standard InChI is InChI=1S/C12H12N2OS/c1-2-14-9-10(8-13-14)12(15)6-5-11-4-3-7-16-11/h3-9H,2H2,1H3/b6-5+. The molecule has 2 rings (SSSR count). The number of carbonyl (C=O) groups is 1. The molecule has 0 saturated heterocycles. The first kappa shape index (κ1) is 10.8. The van der Waals surface area contributed by atoms with Crippen LogP contribution in [-0.2, 0) is 6.54 Å². The van der Waals surface area contributed by atoms with Gasteiger partial charge >= 0.3 is 0 Å². The summed E-state index contributed by atoms with van der Waals surface area (Å²) in [6.07, 6.45) is 6.78. The smallest absolute Gasteiger partial charge is 0.189 e. The van der Waals surface area contributed by atoms with Crippen LogP contribution < -0.4 is 0 Å². The zero-order valence-corrected chi connectivity index (χ0v) is 9.78. The summed E-state index contributed by atoms with van der Waals surface area (Å²) in [5.41, 5.74) is 0.634. The number of ketones is 1. The molecule has 16 heavy (non-hydrogen) atoms. The quantitative estimate of drug-likeness (QED) is 0.600. The van der Waals surface area contributed by atoms with E-state index in [4.69, 9.17) is 0 Å². The van der Waals surface area contributed by atoms with Gasteiger partial charge in [-0.15, -0.1) is 11.3 Å². The van der Waals surface area contributed by atoms with Gasteiger partial charge in [-0.1, -0.05) is 6.07 Å². The van der Waals surface area contributed by atoms with Crippen molar-refractivity contribution in [3.8, 4) is 0 Å². The average molecular weight is 232 g/mol. The van der Waals surface area contributed by atoms with Crippen molar-refractivity contribution in [2.24, 2.45) is 0 Å². The monoisotopic (exact) mass is 232 g/mol. The van der Waals surface area contributed by atoms with E-state index < -0.39 is 0 Å². The van der Waals surface area contributed by atoms with Crippen LogP contribution in [0.2, 0.25) is 0 Å². The Morgan fingerprint density at radius 3 is 3.12 bits per heavy atom. The highest BCUT2D eigenvalue weighted by molar-refractivity contribution is 7.10. The lowest BCUT2D eigenvalue weighted by molar-refractivity contribution is 0.104. The molecule has 2 aromatic rings. The highest BCUT2D eigenvalue weighted by Crippen LogP contribution is 2.11. The van der Waals surface area contributed by atoms with Crippen LogP contribution in [0.5, 0.6) is 0 Å². The molecule has 2 heterocycles. The summed E-state index contributed by atoms with van der Waals surface area (Å²) in [5, 5.41) is 6.05. The van der Waals surface area contributed by atoms with Crippen LogP contribution in [0, 0.1) is 0 Å². The van der Waals surface area contributed by atoms with Crippen LogP contribution in [0.4, 0.5) is 0 Å². The van der Waals surface area contributed by atoms with Gasteiger partial charge in [0.1, 0.15) is 0 Å². The molecular weight excluding hydrogens is 220 g/mol. The number of carbonyl (C=O) groups excluding carboxylic acids is 1. The number of aryl methyl sites for hydroxylation is 1. The maximum atomic E-state index is 11.7. The number of rotatable bonds is 4. The second-order valence-corrected chi connectivity index (χ2v) is 4.28. The Balaban J connectivity index is 2.08. The minimum absolute atomic E-state index is 0.00639. The van der Waals surface area contributed by atoms with E-state index in [-0.39, 0.29) is 5.78 Å². The van der Waals surface area contributed by atoms with Crippen LogP contribution in [0.3, 0.4) is 0 Å². The van der Waals surface area contributed by atoms with Crippen LogP contribution in [0.25, 0.3) is 6.08 Å². The van der Waals surface area contributed by atoms with Crippen molar-refractivity contribution in [1.29, 1.82) is 0 Å². The molecule has 0 aliphatic rings. The molecule has 0 atom stereocenters. The van der Waals surface area contributed by atoms with E-state index in [1.807, 2.05) is 30.5 Å². The van der Waals surface area contributed by atoms with E-state index in [0.717, 1.165) is 11.4 Å². The molecular formula is C12H12N2OS. The van der Waals surface area contributed by atoms with Crippen LogP contribution in [0.15, 0.2) is 36.0 Å². The summed E-state index contributed by atoms with van der Waals surface area (Å²) in [6, 6.07) is 3.94. The molecule has 0 bridgehead atoms. The Hall–Kier alpha value is -1.68. The summed E-state index contributed by atoms with van der Waals surface area (Å²) in [6.45, 7) is 2.77. The number of thiophene rings is 1. The van der Waals surface area contributed by atoms with Gasteiger partial charge < -0.3 is 0 Å². The third-order valence-corrected chi connectivity index (χ3v) is 3.02. The fourth-order valence-electron chi connectivity index (χ4n) is 1.30. The van der Waals surface area contributed by atoms with Gasteiger partial charge in [-0.05, 0) is 30.5 Å². The third-order valence-electron chi connectivity index (χ3n) is 2.18. The minimum Gasteiger partial charge on any atom is -0.289 e. The summed E-state index contributed by atoms with van der Waals surface area (Å²) < 4.78 is 1.74. The summed E-state index contributed by atoms with van der Waals surface area (Å²) >= 11 is 1.61.